The molecule has 0 saturated carbocycles. The number of ether oxygens (including phenoxy) is 1. The summed E-state index contributed by atoms with van der Waals surface area (Å²) in [6, 6.07) is 1.11. The van der Waals surface area contributed by atoms with Crippen molar-refractivity contribution in [2.75, 3.05) is 36.5 Å². The van der Waals surface area contributed by atoms with Crippen molar-refractivity contribution in [1.29, 1.82) is 0 Å². The van der Waals surface area contributed by atoms with Crippen LogP contribution in [0.4, 0.5) is 15.8 Å². The average molecular weight is 472 g/mol. The van der Waals surface area contributed by atoms with Crippen molar-refractivity contribution in [3.63, 3.8) is 0 Å². The third kappa shape index (κ3) is 3.35. The largest absolute Gasteiger partial charge is 0.390 e. The number of ketones is 1. The standard InChI is InChI=1S/C23H22FN3O5S/c1-10(28)25-13-4-5-27(8-13)19-15(24)6-14-17-16-12(7-26(3)20(17)19)9-33-22(16)18(21(14)30)23(31)32-11(2)29/h6,9,13,16H,4-5,7-8H2,1-3H3,(H,25,28). The van der Waals surface area contributed by atoms with Crippen molar-refractivity contribution in [3.05, 3.63) is 44.5 Å². The zero-order valence-corrected chi connectivity index (χ0v) is 19.2. The van der Waals surface area contributed by atoms with Crippen LogP contribution < -0.4 is 15.1 Å². The molecule has 3 heterocycles. The minimum absolute atomic E-state index is 0.0819. The summed E-state index contributed by atoms with van der Waals surface area (Å²) in [6.07, 6.45) is 0.689. The van der Waals surface area contributed by atoms with Crippen molar-refractivity contribution < 1.29 is 28.3 Å². The Balaban J connectivity index is 1.64. The third-order valence-corrected chi connectivity index (χ3v) is 7.51. The van der Waals surface area contributed by atoms with Crippen LogP contribution in [-0.4, -0.2) is 56.4 Å². The summed E-state index contributed by atoms with van der Waals surface area (Å²) < 4.78 is 20.3. The number of Topliss-reactive ketones (excluding diaryl/α,β-unsaturated/α-hetero) is 1. The van der Waals surface area contributed by atoms with E-state index in [-0.39, 0.29) is 29.0 Å². The van der Waals surface area contributed by atoms with E-state index in [4.69, 9.17) is 4.74 Å². The minimum atomic E-state index is -1.00. The monoisotopic (exact) mass is 471 g/mol. The predicted octanol–water partition coefficient (Wildman–Crippen LogP) is 2.24. The Bertz CT molecular complexity index is 1210. The van der Waals surface area contributed by atoms with Gasteiger partial charge in [-0.15, -0.1) is 11.8 Å². The SMILES string of the molecule is CC(=O)NC1CCN(c2c(F)cc3c4c2N(C)CC2=CSC(=C(C(=O)OC(C)=O)C3=O)C24)C1. The van der Waals surface area contributed by atoms with Crippen LogP contribution in [0, 0.1) is 5.82 Å². The number of allylic oxidation sites excluding steroid dienone is 1. The molecule has 1 saturated heterocycles. The normalized spacial score (nSPS) is 22.9. The summed E-state index contributed by atoms with van der Waals surface area (Å²) in [5.41, 5.74) is 2.63. The zero-order valence-electron chi connectivity index (χ0n) is 18.4. The molecule has 1 aromatic rings. The Kier molecular flexibility index (Phi) is 5.08. The molecule has 33 heavy (non-hydrogen) atoms. The number of thioether (sulfide) groups is 1. The molecule has 10 heteroatoms. The highest BCUT2D eigenvalue weighted by Gasteiger charge is 2.47. The molecule has 4 aliphatic rings. The van der Waals surface area contributed by atoms with Crippen LogP contribution in [0.2, 0.25) is 0 Å². The highest BCUT2D eigenvalue weighted by Crippen LogP contribution is 2.58. The van der Waals surface area contributed by atoms with E-state index in [9.17, 15) is 19.2 Å². The van der Waals surface area contributed by atoms with Gasteiger partial charge in [0.15, 0.2) is 0 Å². The van der Waals surface area contributed by atoms with Crippen molar-refractivity contribution in [2.24, 2.45) is 0 Å². The van der Waals surface area contributed by atoms with Gasteiger partial charge >= 0.3 is 11.9 Å². The smallest absolute Gasteiger partial charge is 0.350 e. The van der Waals surface area contributed by atoms with E-state index in [1.165, 1.54) is 24.8 Å². The van der Waals surface area contributed by atoms with Crippen LogP contribution in [0.5, 0.6) is 0 Å². The quantitative estimate of drug-likeness (QED) is 0.408. The highest BCUT2D eigenvalue weighted by atomic mass is 32.2. The summed E-state index contributed by atoms with van der Waals surface area (Å²) in [7, 11) is 1.85. The number of nitrogens with one attached hydrogen (secondary N) is 1. The molecule has 8 nitrogen and oxygen atoms in total. The summed E-state index contributed by atoms with van der Waals surface area (Å²) >= 11 is 1.28. The number of halogens is 1. The number of esters is 2. The molecule has 5 rings (SSSR count). The van der Waals surface area contributed by atoms with Crippen molar-refractivity contribution >= 4 is 46.8 Å². The number of anilines is 2. The molecule has 0 bridgehead atoms. The van der Waals surface area contributed by atoms with Gasteiger partial charge in [-0.2, -0.15) is 0 Å². The summed E-state index contributed by atoms with van der Waals surface area (Å²) in [4.78, 5) is 53.2. The van der Waals surface area contributed by atoms with Gasteiger partial charge < -0.3 is 19.9 Å². The number of rotatable bonds is 3. The third-order valence-electron chi connectivity index (χ3n) is 6.40. The predicted molar refractivity (Wildman–Crippen MR) is 121 cm³/mol. The first-order valence-corrected chi connectivity index (χ1v) is 11.5. The van der Waals surface area contributed by atoms with E-state index in [1.54, 1.807) is 0 Å². The molecular weight excluding hydrogens is 449 g/mol. The Morgan fingerprint density at radius 2 is 2.00 bits per heavy atom. The van der Waals surface area contributed by atoms with Crippen molar-refractivity contribution in [2.45, 2.75) is 32.2 Å². The molecule has 0 aromatic heterocycles. The number of benzene rings is 1. The van der Waals surface area contributed by atoms with Crippen LogP contribution in [0.3, 0.4) is 0 Å². The van der Waals surface area contributed by atoms with Gasteiger partial charge in [-0.05, 0) is 23.5 Å². The summed E-state index contributed by atoms with van der Waals surface area (Å²) in [5.74, 6) is -3.49. The van der Waals surface area contributed by atoms with Gasteiger partial charge in [0.1, 0.15) is 11.4 Å². The first-order valence-electron chi connectivity index (χ1n) is 10.6. The summed E-state index contributed by atoms with van der Waals surface area (Å²) in [5, 5.41) is 4.80. The first kappa shape index (κ1) is 21.7. The molecule has 1 N–H and O–H groups in total. The molecule has 1 fully saturated rings. The van der Waals surface area contributed by atoms with E-state index < -0.39 is 23.5 Å². The lowest BCUT2D eigenvalue weighted by atomic mass is 9.75. The van der Waals surface area contributed by atoms with E-state index in [0.717, 1.165) is 12.5 Å². The second kappa shape index (κ2) is 7.72. The molecule has 0 spiro atoms. The van der Waals surface area contributed by atoms with Crippen molar-refractivity contribution in [3.8, 4) is 0 Å². The van der Waals surface area contributed by atoms with Gasteiger partial charge in [0.05, 0.1) is 11.4 Å². The van der Waals surface area contributed by atoms with E-state index in [2.05, 4.69) is 5.32 Å². The molecular formula is C23H22FN3O5S. The minimum Gasteiger partial charge on any atom is -0.390 e. The Morgan fingerprint density at radius 1 is 1.24 bits per heavy atom. The average Bonchev–Trinajstić information content (AvgIpc) is 3.33. The molecule has 0 radical (unpaired) electrons. The topological polar surface area (TPSA) is 96.0 Å². The van der Waals surface area contributed by atoms with Gasteiger partial charge in [-0.25, -0.2) is 9.18 Å². The highest BCUT2D eigenvalue weighted by molar-refractivity contribution is 8.06. The van der Waals surface area contributed by atoms with Gasteiger partial charge in [-0.3, -0.25) is 14.4 Å². The van der Waals surface area contributed by atoms with Crippen LogP contribution in [-0.2, 0) is 19.1 Å². The van der Waals surface area contributed by atoms with E-state index in [1.807, 2.05) is 22.3 Å². The first-order chi connectivity index (χ1) is 15.7. The van der Waals surface area contributed by atoms with Gasteiger partial charge in [0.25, 0.3) is 0 Å². The number of hydrogen-bond acceptors (Lipinski definition) is 8. The maximum atomic E-state index is 15.6. The Labute approximate surface area is 193 Å². The van der Waals surface area contributed by atoms with E-state index in [0.29, 0.717) is 47.9 Å². The number of carbonyl (C=O) groups excluding carboxylic acids is 4. The molecule has 1 aromatic carbocycles. The fourth-order valence-electron chi connectivity index (χ4n) is 5.24. The number of carbonyl (C=O) groups is 4. The van der Waals surface area contributed by atoms with Gasteiger partial charge in [-0.1, -0.05) is 0 Å². The van der Waals surface area contributed by atoms with Gasteiger partial charge in [0, 0.05) is 68.5 Å². The maximum Gasteiger partial charge on any atom is 0.350 e. The second-order valence-corrected chi connectivity index (χ2v) is 9.61. The number of likely N-dealkylation sites (N-methyl/N-ethyl adjacent to an activating group) is 1. The lowest BCUT2D eigenvalue weighted by Gasteiger charge is -2.40. The maximum absolute atomic E-state index is 15.6. The molecule has 2 unspecified atom stereocenters. The van der Waals surface area contributed by atoms with Crippen molar-refractivity contribution in [1.82, 2.24) is 5.32 Å². The van der Waals surface area contributed by atoms with Crippen LogP contribution in [0.1, 0.15) is 42.1 Å². The zero-order chi connectivity index (χ0) is 23.6. The van der Waals surface area contributed by atoms with Gasteiger partial charge in [0.2, 0.25) is 11.7 Å². The van der Waals surface area contributed by atoms with Crippen LogP contribution >= 0.6 is 11.8 Å². The Morgan fingerprint density at radius 3 is 2.70 bits per heavy atom. The molecule has 1 amide bonds. The number of hydrogen-bond donors (Lipinski definition) is 1. The number of nitrogens with zero attached hydrogens (tertiary/aromatic N) is 2. The summed E-state index contributed by atoms with van der Waals surface area (Å²) in [6.45, 7) is 4.09. The lowest BCUT2D eigenvalue weighted by Crippen LogP contribution is -2.38. The Hall–Kier alpha value is -3.14. The fourth-order valence-corrected chi connectivity index (χ4v) is 6.43. The number of amides is 1. The molecule has 1 aliphatic carbocycles. The fraction of sp³-hybridized carbons (Fsp3) is 0.391. The van der Waals surface area contributed by atoms with Crippen LogP contribution in [0.15, 0.2) is 27.5 Å². The van der Waals surface area contributed by atoms with E-state index >= 15 is 4.39 Å². The molecule has 172 valence electrons. The lowest BCUT2D eigenvalue weighted by molar-refractivity contribution is -0.154. The van der Waals surface area contributed by atoms with Crippen LogP contribution in [0.25, 0.3) is 0 Å². The molecule has 2 atom stereocenters. The molecule has 3 aliphatic heterocycles. The second-order valence-electron chi connectivity index (χ2n) is 8.70.